The zero-order valence-corrected chi connectivity index (χ0v) is 12.4. The number of benzene rings is 2. The first kappa shape index (κ1) is 16.7. The van der Waals surface area contributed by atoms with Crippen LogP contribution in [0.2, 0.25) is 0 Å². The number of nitrogens with one attached hydrogen (secondary N) is 3. The van der Waals surface area contributed by atoms with E-state index in [9.17, 15) is 19.7 Å². The van der Waals surface area contributed by atoms with Crippen molar-refractivity contribution in [1.82, 2.24) is 10.9 Å². The van der Waals surface area contributed by atoms with E-state index in [4.69, 9.17) is 4.74 Å². The van der Waals surface area contributed by atoms with Gasteiger partial charge in [0.15, 0.2) is 6.61 Å². The van der Waals surface area contributed by atoms with Crippen molar-refractivity contribution in [3.8, 4) is 5.75 Å². The Labute approximate surface area is 136 Å². The summed E-state index contributed by atoms with van der Waals surface area (Å²) in [6.07, 6.45) is 0. The first-order valence-electron chi connectivity index (χ1n) is 6.83. The second kappa shape index (κ2) is 8.13. The minimum absolute atomic E-state index is 0.0777. The Bertz CT molecular complexity index is 718. The lowest BCUT2D eigenvalue weighted by Gasteiger charge is -2.09. The zero-order valence-electron chi connectivity index (χ0n) is 12.4. The maximum Gasteiger partial charge on any atom is 0.337 e. The number of hydrogen-bond donors (Lipinski definition) is 3. The van der Waals surface area contributed by atoms with Crippen LogP contribution in [0.25, 0.3) is 0 Å². The fourth-order valence-corrected chi connectivity index (χ4v) is 1.66. The van der Waals surface area contributed by atoms with Gasteiger partial charge in [0.25, 0.3) is 11.6 Å². The molecule has 0 heterocycles. The van der Waals surface area contributed by atoms with Crippen LogP contribution in [0, 0.1) is 10.1 Å². The number of hydrogen-bond acceptors (Lipinski definition) is 5. The van der Waals surface area contributed by atoms with Crippen LogP contribution in [0.1, 0.15) is 0 Å². The predicted octanol–water partition coefficient (Wildman–Crippen LogP) is 1.83. The number of carbonyl (C=O) groups is 2. The van der Waals surface area contributed by atoms with E-state index < -0.39 is 16.9 Å². The third kappa shape index (κ3) is 5.30. The minimum Gasteiger partial charge on any atom is -0.484 e. The van der Waals surface area contributed by atoms with Gasteiger partial charge in [-0.05, 0) is 24.3 Å². The minimum atomic E-state index is -0.607. The fourth-order valence-electron chi connectivity index (χ4n) is 1.66. The van der Waals surface area contributed by atoms with Crippen molar-refractivity contribution < 1.29 is 19.2 Å². The predicted molar refractivity (Wildman–Crippen MR) is 85.3 cm³/mol. The summed E-state index contributed by atoms with van der Waals surface area (Å²) in [6, 6.07) is 13.4. The maximum atomic E-state index is 11.6. The quantitative estimate of drug-likeness (QED) is 0.570. The van der Waals surface area contributed by atoms with Gasteiger partial charge in [0.1, 0.15) is 5.75 Å². The molecule has 0 unspecified atom stereocenters. The molecule has 0 aliphatic carbocycles. The van der Waals surface area contributed by atoms with Crippen LogP contribution in [-0.4, -0.2) is 23.5 Å². The van der Waals surface area contributed by atoms with Crippen molar-refractivity contribution in [3.05, 3.63) is 64.7 Å². The first-order valence-corrected chi connectivity index (χ1v) is 6.83. The highest BCUT2D eigenvalue weighted by molar-refractivity contribution is 5.91. The molecular weight excluding hydrogens is 316 g/mol. The molecule has 0 saturated heterocycles. The number of nitrogens with zero attached hydrogens (tertiary/aromatic N) is 1. The van der Waals surface area contributed by atoms with Gasteiger partial charge >= 0.3 is 6.03 Å². The molecule has 3 amide bonds. The summed E-state index contributed by atoms with van der Waals surface area (Å²) >= 11 is 0. The molecule has 0 spiro atoms. The number of ether oxygens (including phenoxy) is 1. The standard InChI is InChI=1S/C15H14N4O5/c20-14(10-24-13-8-6-12(7-9-13)19(22)23)17-18-15(21)16-11-4-2-1-3-5-11/h1-9H,10H2,(H,17,20)(H2,16,18,21). The third-order valence-electron chi connectivity index (χ3n) is 2.76. The molecule has 0 aliphatic heterocycles. The number of urea groups is 1. The Morgan fingerprint density at radius 3 is 2.29 bits per heavy atom. The van der Waals surface area contributed by atoms with Gasteiger partial charge in [0.2, 0.25) is 0 Å². The second-order valence-corrected chi connectivity index (χ2v) is 4.53. The third-order valence-corrected chi connectivity index (χ3v) is 2.76. The van der Waals surface area contributed by atoms with E-state index in [0.29, 0.717) is 11.4 Å². The highest BCUT2D eigenvalue weighted by atomic mass is 16.6. The fraction of sp³-hybridized carbons (Fsp3) is 0.0667. The molecule has 2 rings (SSSR count). The van der Waals surface area contributed by atoms with Gasteiger partial charge in [0, 0.05) is 17.8 Å². The van der Waals surface area contributed by atoms with Gasteiger partial charge in [-0.25, -0.2) is 10.2 Å². The van der Waals surface area contributed by atoms with Crippen molar-refractivity contribution in [3.63, 3.8) is 0 Å². The summed E-state index contributed by atoms with van der Waals surface area (Å²) in [6.45, 7) is -0.358. The van der Waals surface area contributed by atoms with Crippen LogP contribution >= 0.6 is 0 Å². The number of rotatable bonds is 5. The van der Waals surface area contributed by atoms with Gasteiger partial charge in [-0.1, -0.05) is 18.2 Å². The summed E-state index contributed by atoms with van der Waals surface area (Å²) < 4.78 is 5.15. The van der Waals surface area contributed by atoms with E-state index in [2.05, 4.69) is 16.2 Å². The lowest BCUT2D eigenvalue weighted by atomic mass is 10.3. The second-order valence-electron chi connectivity index (χ2n) is 4.53. The normalized spacial score (nSPS) is 9.67. The number of nitro benzene ring substituents is 1. The molecular formula is C15H14N4O5. The maximum absolute atomic E-state index is 11.6. The zero-order chi connectivity index (χ0) is 17.4. The van der Waals surface area contributed by atoms with Crippen molar-refractivity contribution in [2.24, 2.45) is 0 Å². The number of amides is 3. The average molecular weight is 330 g/mol. The smallest absolute Gasteiger partial charge is 0.337 e. The Morgan fingerprint density at radius 1 is 1.00 bits per heavy atom. The number of non-ortho nitro benzene ring substituents is 1. The number of carbonyl (C=O) groups excluding carboxylic acids is 2. The van der Waals surface area contributed by atoms with Crippen LogP contribution in [0.3, 0.4) is 0 Å². The molecule has 0 radical (unpaired) electrons. The van der Waals surface area contributed by atoms with Crippen LogP contribution in [0.5, 0.6) is 5.75 Å². The first-order chi connectivity index (χ1) is 11.5. The highest BCUT2D eigenvalue weighted by Crippen LogP contribution is 2.16. The van der Waals surface area contributed by atoms with Gasteiger partial charge in [-0.2, -0.15) is 0 Å². The van der Waals surface area contributed by atoms with Gasteiger partial charge < -0.3 is 10.1 Å². The Hall–Kier alpha value is -3.62. The molecule has 124 valence electrons. The molecule has 0 aromatic heterocycles. The summed E-state index contributed by atoms with van der Waals surface area (Å²) in [4.78, 5) is 33.1. The molecule has 0 atom stereocenters. The molecule has 0 saturated carbocycles. The van der Waals surface area contributed by atoms with Gasteiger partial charge in [-0.15, -0.1) is 0 Å². The Morgan fingerprint density at radius 2 is 1.67 bits per heavy atom. The molecule has 3 N–H and O–H groups in total. The molecule has 2 aromatic carbocycles. The molecule has 0 bridgehead atoms. The van der Waals surface area contributed by atoms with Crippen molar-refractivity contribution >= 4 is 23.3 Å². The largest absolute Gasteiger partial charge is 0.484 e. The van der Waals surface area contributed by atoms with E-state index in [0.717, 1.165) is 0 Å². The van der Waals surface area contributed by atoms with E-state index in [1.54, 1.807) is 30.3 Å². The number of nitro groups is 1. The summed E-state index contributed by atoms with van der Waals surface area (Å²) in [7, 11) is 0. The van der Waals surface area contributed by atoms with Gasteiger partial charge in [0.05, 0.1) is 4.92 Å². The van der Waals surface area contributed by atoms with E-state index >= 15 is 0 Å². The van der Waals surface area contributed by atoms with Crippen molar-refractivity contribution in [2.75, 3.05) is 11.9 Å². The Balaban J connectivity index is 1.71. The molecule has 2 aromatic rings. The van der Waals surface area contributed by atoms with Crippen LogP contribution in [0.15, 0.2) is 54.6 Å². The lowest BCUT2D eigenvalue weighted by molar-refractivity contribution is -0.384. The summed E-state index contributed by atoms with van der Waals surface area (Å²) in [5.41, 5.74) is 4.84. The summed E-state index contributed by atoms with van der Waals surface area (Å²) in [5.74, 6) is -0.291. The number of hydrazine groups is 1. The van der Waals surface area contributed by atoms with Crippen molar-refractivity contribution in [1.29, 1.82) is 0 Å². The van der Waals surface area contributed by atoms with Gasteiger partial charge in [-0.3, -0.25) is 20.3 Å². The average Bonchev–Trinajstić information content (AvgIpc) is 2.59. The molecule has 9 heteroatoms. The van der Waals surface area contributed by atoms with Crippen LogP contribution in [0.4, 0.5) is 16.2 Å². The molecule has 0 aliphatic rings. The Kier molecular flexibility index (Phi) is 5.67. The van der Waals surface area contributed by atoms with Crippen LogP contribution < -0.4 is 20.9 Å². The van der Waals surface area contributed by atoms with E-state index in [1.165, 1.54) is 24.3 Å². The van der Waals surface area contributed by atoms with Crippen molar-refractivity contribution in [2.45, 2.75) is 0 Å². The molecule has 9 nitrogen and oxygen atoms in total. The topological polar surface area (TPSA) is 123 Å². The molecule has 24 heavy (non-hydrogen) atoms. The molecule has 0 fully saturated rings. The SMILES string of the molecule is O=C(COc1ccc([N+](=O)[O-])cc1)NNC(=O)Nc1ccccc1. The number of anilines is 1. The number of para-hydroxylation sites is 1. The highest BCUT2D eigenvalue weighted by Gasteiger charge is 2.07. The van der Waals surface area contributed by atoms with E-state index in [-0.39, 0.29) is 12.3 Å². The summed E-state index contributed by atoms with van der Waals surface area (Å²) in [5, 5.41) is 13.0. The van der Waals surface area contributed by atoms with Crippen LogP contribution in [-0.2, 0) is 4.79 Å². The lowest BCUT2D eigenvalue weighted by Crippen LogP contribution is -2.45. The monoisotopic (exact) mass is 330 g/mol. The van der Waals surface area contributed by atoms with E-state index in [1.807, 2.05) is 0 Å².